The van der Waals surface area contributed by atoms with Gasteiger partial charge in [-0.2, -0.15) is 0 Å². The molecule has 0 spiro atoms. The van der Waals surface area contributed by atoms with E-state index in [1.165, 1.54) is 0 Å². The fraction of sp³-hybridized carbons (Fsp3) is 0.0667. The van der Waals surface area contributed by atoms with Gasteiger partial charge in [-0.05, 0) is 39.7 Å². The summed E-state index contributed by atoms with van der Waals surface area (Å²) in [6.45, 7) is 0.665. The molecule has 0 unspecified atom stereocenters. The fourth-order valence-corrected chi connectivity index (χ4v) is 2.75. The van der Waals surface area contributed by atoms with E-state index in [0.717, 1.165) is 21.4 Å². The Bertz CT molecular complexity index is 786. The molecule has 1 aromatic carbocycles. The zero-order valence-electron chi connectivity index (χ0n) is 10.8. The number of benzene rings is 1. The third-order valence-corrected chi connectivity index (χ3v) is 4.19. The average molecular weight is 383 g/mol. The van der Waals surface area contributed by atoms with Gasteiger partial charge < -0.3 is 4.57 Å². The Labute approximate surface area is 140 Å². The number of rotatable bonds is 3. The van der Waals surface area contributed by atoms with Crippen molar-refractivity contribution < 1.29 is 0 Å². The van der Waals surface area contributed by atoms with Crippen LogP contribution in [-0.2, 0) is 6.54 Å². The molecule has 2 heterocycles. The van der Waals surface area contributed by atoms with Crippen molar-refractivity contribution in [2.45, 2.75) is 6.54 Å². The van der Waals surface area contributed by atoms with Gasteiger partial charge in [0.1, 0.15) is 5.82 Å². The highest BCUT2D eigenvalue weighted by molar-refractivity contribution is 9.10. The molecule has 0 aliphatic carbocycles. The maximum atomic E-state index is 6.06. The summed E-state index contributed by atoms with van der Waals surface area (Å²) in [4.78, 5) is 8.58. The van der Waals surface area contributed by atoms with Crippen LogP contribution in [0, 0.1) is 0 Å². The van der Waals surface area contributed by atoms with E-state index in [-0.39, 0.29) is 0 Å². The number of halogens is 3. The van der Waals surface area contributed by atoms with Crippen LogP contribution in [0.3, 0.4) is 0 Å². The van der Waals surface area contributed by atoms with Crippen LogP contribution in [0.15, 0.2) is 53.5 Å². The van der Waals surface area contributed by atoms with Crippen LogP contribution in [-0.4, -0.2) is 14.5 Å². The number of pyridine rings is 1. The summed E-state index contributed by atoms with van der Waals surface area (Å²) in [5.74, 6) is 0.856. The fourth-order valence-electron chi connectivity index (χ4n) is 2.07. The predicted octanol–water partition coefficient (Wildman–Crippen LogP) is 5.06. The van der Waals surface area contributed by atoms with Crippen LogP contribution in [0.4, 0.5) is 0 Å². The highest BCUT2D eigenvalue weighted by Gasteiger charge is 2.08. The topological polar surface area (TPSA) is 30.7 Å². The first kappa shape index (κ1) is 14.6. The molecule has 21 heavy (non-hydrogen) atoms. The molecule has 3 rings (SSSR count). The van der Waals surface area contributed by atoms with E-state index in [1.807, 2.05) is 29.0 Å². The van der Waals surface area contributed by atoms with E-state index in [1.54, 1.807) is 24.7 Å². The van der Waals surface area contributed by atoms with E-state index in [2.05, 4.69) is 25.9 Å². The van der Waals surface area contributed by atoms with Gasteiger partial charge in [-0.1, -0.05) is 29.3 Å². The molecule has 2 aromatic heterocycles. The van der Waals surface area contributed by atoms with Crippen molar-refractivity contribution in [2.75, 3.05) is 0 Å². The lowest BCUT2D eigenvalue weighted by Crippen LogP contribution is -2.01. The maximum Gasteiger partial charge on any atom is 0.141 e. The zero-order valence-corrected chi connectivity index (χ0v) is 13.9. The van der Waals surface area contributed by atoms with Gasteiger partial charge in [-0.25, -0.2) is 4.98 Å². The monoisotopic (exact) mass is 381 g/mol. The van der Waals surface area contributed by atoms with E-state index in [9.17, 15) is 0 Å². The standard InChI is InChI=1S/C15H10BrCl2N3/c16-12-6-11(7-19-8-12)15-20-3-4-21(15)9-10-1-2-13(17)14(18)5-10/h1-8H,9H2. The Hall–Kier alpha value is -1.36. The van der Waals surface area contributed by atoms with Gasteiger partial charge in [0.05, 0.1) is 10.0 Å². The number of imidazole rings is 1. The molecule has 0 saturated carbocycles. The first-order valence-electron chi connectivity index (χ1n) is 6.19. The van der Waals surface area contributed by atoms with Crippen molar-refractivity contribution in [1.29, 1.82) is 0 Å². The van der Waals surface area contributed by atoms with E-state index >= 15 is 0 Å². The van der Waals surface area contributed by atoms with Gasteiger partial charge in [0, 0.05) is 41.4 Å². The lowest BCUT2D eigenvalue weighted by atomic mass is 10.2. The van der Waals surface area contributed by atoms with Gasteiger partial charge in [0.2, 0.25) is 0 Å². The number of aromatic nitrogens is 3. The number of hydrogen-bond donors (Lipinski definition) is 0. The van der Waals surface area contributed by atoms with Gasteiger partial charge in [0.25, 0.3) is 0 Å². The highest BCUT2D eigenvalue weighted by Crippen LogP contribution is 2.25. The number of hydrogen-bond acceptors (Lipinski definition) is 2. The van der Waals surface area contributed by atoms with Crippen LogP contribution in [0.5, 0.6) is 0 Å². The molecule has 0 saturated heterocycles. The molecule has 0 bridgehead atoms. The third kappa shape index (κ3) is 3.28. The Balaban J connectivity index is 1.94. The second kappa shape index (κ2) is 6.18. The van der Waals surface area contributed by atoms with Gasteiger partial charge in [-0.15, -0.1) is 0 Å². The lowest BCUT2D eigenvalue weighted by molar-refractivity contribution is 0.806. The van der Waals surface area contributed by atoms with Crippen LogP contribution in [0.25, 0.3) is 11.4 Å². The molecule has 0 aliphatic rings. The smallest absolute Gasteiger partial charge is 0.141 e. The van der Waals surface area contributed by atoms with Crippen LogP contribution in [0.2, 0.25) is 10.0 Å². The molecule has 0 N–H and O–H groups in total. The molecule has 0 radical (unpaired) electrons. The van der Waals surface area contributed by atoms with Crippen molar-refractivity contribution in [3.63, 3.8) is 0 Å². The Morgan fingerprint density at radius 2 is 1.95 bits per heavy atom. The molecule has 3 aromatic rings. The molecular weight excluding hydrogens is 373 g/mol. The minimum Gasteiger partial charge on any atom is -0.327 e. The summed E-state index contributed by atoms with van der Waals surface area (Å²) in [6, 6.07) is 7.61. The summed E-state index contributed by atoms with van der Waals surface area (Å²) in [5.41, 5.74) is 2.01. The van der Waals surface area contributed by atoms with Crippen LogP contribution < -0.4 is 0 Å². The second-order valence-electron chi connectivity index (χ2n) is 4.52. The lowest BCUT2D eigenvalue weighted by Gasteiger charge is -2.09. The summed E-state index contributed by atoms with van der Waals surface area (Å²) in [5, 5.41) is 1.11. The van der Waals surface area contributed by atoms with Crippen molar-refractivity contribution >= 4 is 39.1 Å². The zero-order chi connectivity index (χ0) is 14.8. The maximum absolute atomic E-state index is 6.06. The molecular formula is C15H10BrCl2N3. The molecule has 3 nitrogen and oxygen atoms in total. The molecule has 106 valence electrons. The first-order chi connectivity index (χ1) is 10.1. The SMILES string of the molecule is Clc1ccc(Cn2ccnc2-c2cncc(Br)c2)cc1Cl. The van der Waals surface area contributed by atoms with E-state index in [0.29, 0.717) is 16.6 Å². The van der Waals surface area contributed by atoms with Crippen molar-refractivity contribution in [2.24, 2.45) is 0 Å². The van der Waals surface area contributed by atoms with Crippen molar-refractivity contribution in [1.82, 2.24) is 14.5 Å². The third-order valence-electron chi connectivity index (χ3n) is 3.02. The summed E-state index contributed by atoms with van der Waals surface area (Å²) < 4.78 is 2.97. The molecule has 0 aliphatic heterocycles. The summed E-state index contributed by atoms with van der Waals surface area (Å²) in [7, 11) is 0. The Kier molecular flexibility index (Phi) is 4.29. The average Bonchev–Trinajstić information content (AvgIpc) is 2.91. The van der Waals surface area contributed by atoms with Gasteiger partial charge in [-0.3, -0.25) is 4.98 Å². The predicted molar refractivity (Wildman–Crippen MR) is 88.7 cm³/mol. The Morgan fingerprint density at radius 1 is 1.10 bits per heavy atom. The van der Waals surface area contributed by atoms with Crippen LogP contribution >= 0.6 is 39.1 Å². The second-order valence-corrected chi connectivity index (χ2v) is 6.25. The van der Waals surface area contributed by atoms with E-state index < -0.39 is 0 Å². The number of nitrogens with zero attached hydrogens (tertiary/aromatic N) is 3. The van der Waals surface area contributed by atoms with Crippen molar-refractivity contribution in [3.8, 4) is 11.4 Å². The van der Waals surface area contributed by atoms with Gasteiger partial charge >= 0.3 is 0 Å². The minimum absolute atomic E-state index is 0.556. The molecule has 6 heteroatoms. The normalized spacial score (nSPS) is 10.8. The molecule has 0 fully saturated rings. The highest BCUT2D eigenvalue weighted by atomic mass is 79.9. The van der Waals surface area contributed by atoms with Gasteiger partial charge in [0.15, 0.2) is 0 Å². The first-order valence-corrected chi connectivity index (χ1v) is 7.74. The summed E-state index contributed by atoms with van der Waals surface area (Å²) >= 11 is 15.4. The largest absolute Gasteiger partial charge is 0.327 e. The molecule has 0 amide bonds. The Morgan fingerprint density at radius 3 is 2.71 bits per heavy atom. The van der Waals surface area contributed by atoms with E-state index in [4.69, 9.17) is 23.2 Å². The minimum atomic E-state index is 0.556. The summed E-state index contributed by atoms with van der Waals surface area (Å²) in [6.07, 6.45) is 7.24. The van der Waals surface area contributed by atoms with Crippen LogP contribution in [0.1, 0.15) is 5.56 Å². The quantitative estimate of drug-likeness (QED) is 0.633. The van der Waals surface area contributed by atoms with Crippen molar-refractivity contribution in [3.05, 3.63) is 69.1 Å². The molecule has 0 atom stereocenters.